The first-order chi connectivity index (χ1) is 13.1. The number of nitrogens with one attached hydrogen (secondary N) is 3. The van der Waals surface area contributed by atoms with E-state index in [1.54, 1.807) is 24.5 Å². The maximum atomic E-state index is 13.5. The summed E-state index contributed by atoms with van der Waals surface area (Å²) in [6, 6.07) is 10.7. The van der Waals surface area contributed by atoms with E-state index in [4.69, 9.17) is 10.1 Å². The van der Waals surface area contributed by atoms with E-state index in [0.29, 0.717) is 17.0 Å². The minimum atomic E-state index is -0.507. The molecule has 0 saturated carbocycles. The van der Waals surface area contributed by atoms with Crippen molar-refractivity contribution in [3.8, 4) is 16.9 Å². The first-order valence-corrected chi connectivity index (χ1v) is 8.10. The highest BCUT2D eigenvalue weighted by Crippen LogP contribution is 2.22. The Bertz CT molecular complexity index is 926. The van der Waals surface area contributed by atoms with Crippen LogP contribution in [0.1, 0.15) is 5.56 Å². The fraction of sp³-hybridized carbons (Fsp3) is 0.105. The number of methoxy groups -OCH3 is 1. The van der Waals surface area contributed by atoms with Crippen molar-refractivity contribution >= 4 is 18.1 Å². The van der Waals surface area contributed by atoms with Gasteiger partial charge in [0.2, 0.25) is 0 Å². The average Bonchev–Trinajstić information content (AvgIpc) is 3.21. The van der Waals surface area contributed by atoms with Crippen molar-refractivity contribution in [2.75, 3.05) is 12.4 Å². The van der Waals surface area contributed by atoms with Gasteiger partial charge in [0, 0.05) is 23.0 Å². The molecule has 1 aromatic heterocycles. The topological polar surface area (TPSA) is 94.1 Å². The normalized spacial score (nSPS) is 10.3. The zero-order valence-corrected chi connectivity index (χ0v) is 14.6. The Hall–Kier alpha value is -3.68. The molecule has 0 spiro atoms. The van der Waals surface area contributed by atoms with Crippen molar-refractivity contribution < 1.29 is 13.9 Å². The summed E-state index contributed by atoms with van der Waals surface area (Å²) in [4.78, 5) is 13.6. The number of carbonyl (C=O) groups excluding carboxylic acids is 1. The molecule has 0 radical (unpaired) electrons. The molecule has 138 valence electrons. The second-order valence-electron chi connectivity index (χ2n) is 5.71. The summed E-state index contributed by atoms with van der Waals surface area (Å²) in [5, 5.41) is 16.9. The zero-order valence-electron chi connectivity index (χ0n) is 14.6. The monoisotopic (exact) mass is 367 g/mol. The van der Waals surface area contributed by atoms with Crippen LogP contribution in [0.25, 0.3) is 11.1 Å². The number of hydrogen-bond donors (Lipinski definition) is 3. The molecule has 0 aliphatic rings. The fourth-order valence-electron chi connectivity index (χ4n) is 2.58. The van der Waals surface area contributed by atoms with Gasteiger partial charge in [-0.05, 0) is 35.9 Å². The van der Waals surface area contributed by atoms with Crippen molar-refractivity contribution in [1.29, 1.82) is 5.41 Å². The van der Waals surface area contributed by atoms with Gasteiger partial charge in [0.25, 0.3) is 0 Å². The molecule has 2 amide bonds. The van der Waals surface area contributed by atoms with E-state index in [0.717, 1.165) is 22.4 Å². The number of hydrogen-bond acceptors (Lipinski definition) is 4. The number of ether oxygens (including phenoxy) is 1. The molecule has 0 fully saturated rings. The lowest BCUT2D eigenvalue weighted by atomic mass is 10.1. The van der Waals surface area contributed by atoms with E-state index in [-0.39, 0.29) is 6.54 Å². The number of benzene rings is 2. The minimum Gasteiger partial charge on any atom is -0.496 e. The Morgan fingerprint density at radius 1 is 1.30 bits per heavy atom. The summed E-state index contributed by atoms with van der Waals surface area (Å²) in [7, 11) is 1.47. The second-order valence-corrected chi connectivity index (χ2v) is 5.71. The van der Waals surface area contributed by atoms with Crippen LogP contribution in [0, 0.1) is 11.2 Å². The third kappa shape index (κ3) is 4.30. The SMILES string of the molecule is COc1ccc(F)cc1CN(C=N)C(=O)Nc1ccc(-c2cn[nH]c2)cc1. The van der Waals surface area contributed by atoms with E-state index in [9.17, 15) is 9.18 Å². The molecule has 3 rings (SSSR count). The average molecular weight is 367 g/mol. The van der Waals surface area contributed by atoms with Crippen LogP contribution >= 0.6 is 0 Å². The first-order valence-electron chi connectivity index (χ1n) is 8.10. The summed E-state index contributed by atoms with van der Waals surface area (Å²) in [6.45, 7) is 0.00334. The Balaban J connectivity index is 1.70. The van der Waals surface area contributed by atoms with Crippen molar-refractivity contribution in [3.05, 3.63) is 66.2 Å². The Kier molecular flexibility index (Phi) is 5.46. The predicted molar refractivity (Wildman–Crippen MR) is 100 cm³/mol. The number of urea groups is 1. The number of nitrogens with zero attached hydrogens (tertiary/aromatic N) is 2. The number of halogens is 1. The molecule has 0 aliphatic carbocycles. The number of H-pyrrole nitrogens is 1. The molecule has 2 aromatic carbocycles. The molecule has 7 nitrogen and oxygen atoms in total. The molecule has 0 atom stereocenters. The van der Waals surface area contributed by atoms with E-state index >= 15 is 0 Å². The quantitative estimate of drug-likeness (QED) is 0.456. The third-order valence-electron chi connectivity index (χ3n) is 3.97. The van der Waals surface area contributed by atoms with Crippen LogP contribution in [0.4, 0.5) is 14.9 Å². The molecule has 3 N–H and O–H groups in total. The van der Waals surface area contributed by atoms with E-state index < -0.39 is 11.8 Å². The summed E-state index contributed by atoms with van der Waals surface area (Å²) < 4.78 is 18.7. The second kappa shape index (κ2) is 8.13. The molecule has 3 aromatic rings. The van der Waals surface area contributed by atoms with Gasteiger partial charge in [-0.1, -0.05) is 12.1 Å². The molecule has 8 heteroatoms. The van der Waals surface area contributed by atoms with Crippen LogP contribution in [0.15, 0.2) is 54.9 Å². The van der Waals surface area contributed by atoms with Gasteiger partial charge in [-0.3, -0.25) is 15.4 Å². The molecule has 1 heterocycles. The third-order valence-corrected chi connectivity index (χ3v) is 3.97. The number of aromatic amines is 1. The molecular weight excluding hydrogens is 349 g/mol. The Morgan fingerprint density at radius 3 is 2.70 bits per heavy atom. The van der Waals surface area contributed by atoms with Gasteiger partial charge < -0.3 is 10.1 Å². The van der Waals surface area contributed by atoms with Crippen LogP contribution < -0.4 is 10.1 Å². The number of anilines is 1. The van der Waals surface area contributed by atoms with Gasteiger partial charge in [0.15, 0.2) is 0 Å². The predicted octanol–water partition coefficient (Wildman–Crippen LogP) is 3.87. The number of rotatable bonds is 6. The molecular formula is C19H18FN5O2. The largest absolute Gasteiger partial charge is 0.496 e. The van der Waals surface area contributed by atoms with Crippen LogP contribution in [0.3, 0.4) is 0 Å². The Morgan fingerprint density at radius 2 is 2.07 bits per heavy atom. The molecule has 0 saturated heterocycles. The van der Waals surface area contributed by atoms with Crippen LogP contribution in [-0.4, -0.2) is 34.6 Å². The minimum absolute atomic E-state index is 0.00334. The van der Waals surface area contributed by atoms with Gasteiger partial charge in [0.1, 0.15) is 11.6 Å². The van der Waals surface area contributed by atoms with E-state index in [1.165, 1.54) is 25.3 Å². The smallest absolute Gasteiger partial charge is 0.327 e. The summed E-state index contributed by atoms with van der Waals surface area (Å²) in [5.74, 6) is 0.00601. The van der Waals surface area contributed by atoms with Crippen LogP contribution in [0.5, 0.6) is 5.75 Å². The van der Waals surface area contributed by atoms with Crippen molar-refractivity contribution in [2.24, 2.45) is 0 Å². The van der Waals surface area contributed by atoms with Gasteiger partial charge in [-0.25, -0.2) is 9.18 Å². The van der Waals surface area contributed by atoms with Gasteiger partial charge in [0.05, 0.1) is 26.2 Å². The summed E-state index contributed by atoms with van der Waals surface area (Å²) >= 11 is 0. The zero-order chi connectivity index (χ0) is 19.2. The lowest BCUT2D eigenvalue weighted by molar-refractivity contribution is 0.233. The van der Waals surface area contributed by atoms with Gasteiger partial charge >= 0.3 is 6.03 Å². The first kappa shape index (κ1) is 18.1. The standard InChI is InChI=1S/C19H18FN5O2/c1-27-18-7-4-16(20)8-14(18)11-25(12-21)19(26)24-17-5-2-13(3-6-17)15-9-22-23-10-15/h2-10,12,21H,11H2,1H3,(H,22,23)(H,24,26). The van der Waals surface area contributed by atoms with E-state index in [1.807, 2.05) is 12.1 Å². The van der Waals surface area contributed by atoms with Gasteiger partial charge in [-0.15, -0.1) is 0 Å². The summed E-state index contributed by atoms with van der Waals surface area (Å²) in [6.07, 6.45) is 4.37. The van der Waals surface area contributed by atoms with E-state index in [2.05, 4.69) is 15.5 Å². The van der Waals surface area contributed by atoms with Gasteiger partial charge in [-0.2, -0.15) is 5.10 Å². The fourth-order valence-corrected chi connectivity index (χ4v) is 2.58. The molecule has 0 unspecified atom stereocenters. The highest BCUT2D eigenvalue weighted by Gasteiger charge is 2.15. The summed E-state index contributed by atoms with van der Waals surface area (Å²) in [5.41, 5.74) is 2.93. The number of amides is 2. The van der Waals surface area contributed by atoms with Crippen LogP contribution in [0.2, 0.25) is 0 Å². The molecule has 0 aliphatic heterocycles. The maximum absolute atomic E-state index is 13.5. The van der Waals surface area contributed by atoms with Crippen LogP contribution in [-0.2, 0) is 6.54 Å². The molecule has 0 bridgehead atoms. The van der Waals surface area contributed by atoms with Crippen molar-refractivity contribution in [2.45, 2.75) is 6.54 Å². The number of aromatic nitrogens is 2. The Labute approximate surface area is 155 Å². The lowest BCUT2D eigenvalue weighted by Crippen LogP contribution is -2.33. The number of carbonyl (C=O) groups is 1. The maximum Gasteiger partial charge on any atom is 0.327 e. The molecule has 27 heavy (non-hydrogen) atoms. The van der Waals surface area contributed by atoms with Crippen molar-refractivity contribution in [3.63, 3.8) is 0 Å². The highest BCUT2D eigenvalue weighted by atomic mass is 19.1. The lowest BCUT2D eigenvalue weighted by Gasteiger charge is -2.19. The van der Waals surface area contributed by atoms with Crippen molar-refractivity contribution in [1.82, 2.24) is 15.1 Å². The highest BCUT2D eigenvalue weighted by molar-refractivity contribution is 5.96.